The monoisotopic (exact) mass is 372 g/mol. The zero-order chi connectivity index (χ0) is 14.0. The largest absolute Gasteiger partial charge is 0.408 e. The van der Waals surface area contributed by atoms with Crippen LogP contribution >= 0.6 is 28.3 Å². The number of benzene rings is 1. The van der Waals surface area contributed by atoms with Gasteiger partial charge in [-0.25, -0.2) is 0 Å². The molecule has 20 heavy (non-hydrogen) atoms. The van der Waals surface area contributed by atoms with Gasteiger partial charge in [0.2, 0.25) is 0 Å². The fraction of sp³-hybridized carbons (Fsp3) is 0.538. The number of hydrogen-bond acceptors (Lipinski definition) is 2. The van der Waals surface area contributed by atoms with Gasteiger partial charge in [0, 0.05) is 30.7 Å². The number of rotatable bonds is 2. The van der Waals surface area contributed by atoms with Crippen LogP contribution in [0.15, 0.2) is 22.7 Å². The molecule has 0 amide bonds. The molecule has 2 nitrogen and oxygen atoms in total. The van der Waals surface area contributed by atoms with E-state index in [1.54, 1.807) is 18.2 Å². The predicted molar refractivity (Wildman–Crippen MR) is 79.4 cm³/mol. The minimum atomic E-state index is -4.27. The highest BCUT2D eigenvalue weighted by Crippen LogP contribution is 2.40. The van der Waals surface area contributed by atoms with Crippen LogP contribution in [0.4, 0.5) is 13.2 Å². The molecular weight excluding hydrogens is 357 g/mol. The fourth-order valence-corrected chi connectivity index (χ4v) is 3.08. The second-order valence-electron chi connectivity index (χ2n) is 4.76. The van der Waals surface area contributed by atoms with E-state index in [1.165, 1.54) is 4.90 Å². The summed E-state index contributed by atoms with van der Waals surface area (Å²) < 4.78 is 40.7. The Morgan fingerprint density at radius 2 is 1.85 bits per heavy atom. The highest BCUT2D eigenvalue weighted by molar-refractivity contribution is 9.10. The van der Waals surface area contributed by atoms with Crippen LogP contribution in [0.3, 0.4) is 0 Å². The molecule has 1 N–H and O–H groups in total. The Morgan fingerprint density at radius 1 is 1.25 bits per heavy atom. The van der Waals surface area contributed by atoms with Crippen molar-refractivity contribution in [2.24, 2.45) is 0 Å². The summed E-state index contributed by atoms with van der Waals surface area (Å²) in [6.45, 7) is 3.86. The molecule has 0 bridgehead atoms. The summed E-state index contributed by atoms with van der Waals surface area (Å²) in [6.07, 6.45) is -4.27. The number of nitrogens with zero attached hydrogens (tertiary/aromatic N) is 1. The molecule has 1 saturated heterocycles. The lowest BCUT2D eigenvalue weighted by molar-refractivity contribution is -0.188. The van der Waals surface area contributed by atoms with Crippen molar-refractivity contribution in [3.63, 3.8) is 0 Å². The molecule has 0 unspecified atom stereocenters. The first-order valence-electron chi connectivity index (χ1n) is 6.17. The average Bonchev–Trinajstić information content (AvgIpc) is 2.32. The number of aryl methyl sites for hydroxylation is 1. The Morgan fingerprint density at radius 3 is 2.35 bits per heavy atom. The fourth-order valence-electron chi connectivity index (χ4n) is 2.37. The van der Waals surface area contributed by atoms with Crippen molar-refractivity contribution >= 4 is 28.3 Å². The molecule has 0 radical (unpaired) electrons. The summed E-state index contributed by atoms with van der Waals surface area (Å²) in [5, 5.41) is 3.08. The van der Waals surface area contributed by atoms with Gasteiger partial charge in [-0.1, -0.05) is 28.1 Å². The number of halogens is 5. The zero-order valence-electron chi connectivity index (χ0n) is 11.0. The van der Waals surface area contributed by atoms with E-state index in [1.807, 2.05) is 6.92 Å². The van der Waals surface area contributed by atoms with Gasteiger partial charge in [-0.2, -0.15) is 13.2 Å². The van der Waals surface area contributed by atoms with Crippen LogP contribution in [0.25, 0.3) is 0 Å². The van der Waals surface area contributed by atoms with Gasteiger partial charge < -0.3 is 5.32 Å². The van der Waals surface area contributed by atoms with Crippen molar-refractivity contribution in [2.75, 3.05) is 26.2 Å². The van der Waals surface area contributed by atoms with E-state index in [9.17, 15) is 13.2 Å². The number of piperazine rings is 1. The predicted octanol–water partition coefficient (Wildman–Crippen LogP) is 3.69. The van der Waals surface area contributed by atoms with E-state index in [0.29, 0.717) is 36.2 Å². The van der Waals surface area contributed by atoms with Crippen molar-refractivity contribution < 1.29 is 13.2 Å². The van der Waals surface area contributed by atoms with Crippen molar-refractivity contribution in [3.05, 3.63) is 33.8 Å². The third kappa shape index (κ3) is 4.10. The summed E-state index contributed by atoms with van der Waals surface area (Å²) in [5.74, 6) is 0. The third-order valence-corrected chi connectivity index (χ3v) is 3.96. The lowest BCUT2D eigenvalue weighted by Crippen LogP contribution is -2.49. The molecular formula is C13H17BrClF3N2. The zero-order valence-corrected chi connectivity index (χ0v) is 13.4. The van der Waals surface area contributed by atoms with E-state index in [-0.39, 0.29) is 12.4 Å². The second-order valence-corrected chi connectivity index (χ2v) is 5.61. The van der Waals surface area contributed by atoms with Crippen LogP contribution < -0.4 is 5.32 Å². The van der Waals surface area contributed by atoms with E-state index in [0.717, 1.165) is 5.56 Å². The molecule has 0 aromatic heterocycles. The Labute approximate surface area is 131 Å². The second kappa shape index (κ2) is 7.11. The summed E-state index contributed by atoms with van der Waals surface area (Å²) in [4.78, 5) is 1.49. The molecule has 1 aromatic carbocycles. The van der Waals surface area contributed by atoms with Gasteiger partial charge in [-0.15, -0.1) is 12.4 Å². The lowest BCUT2D eigenvalue weighted by atomic mass is 10.0. The highest BCUT2D eigenvalue weighted by Gasteiger charge is 2.45. The topological polar surface area (TPSA) is 15.3 Å². The number of alkyl halides is 3. The van der Waals surface area contributed by atoms with Gasteiger partial charge in [0.15, 0.2) is 0 Å². The maximum Gasteiger partial charge on any atom is 0.408 e. The van der Waals surface area contributed by atoms with Gasteiger partial charge in [0.05, 0.1) is 0 Å². The molecule has 0 spiro atoms. The Kier molecular flexibility index (Phi) is 6.31. The first-order valence-corrected chi connectivity index (χ1v) is 6.96. The standard InChI is InChI=1S/C13H16BrF3N2.ClH/c1-9-2-3-10(11(14)8-9)12(13(15,16)17)19-6-4-18-5-7-19;/h2-3,8,12,18H,4-7H2,1H3;1H/t12-;/m0./s1. The molecule has 1 atom stereocenters. The van der Waals surface area contributed by atoms with Gasteiger partial charge in [0.25, 0.3) is 0 Å². The smallest absolute Gasteiger partial charge is 0.314 e. The van der Waals surface area contributed by atoms with Crippen molar-refractivity contribution in [1.82, 2.24) is 10.2 Å². The molecule has 1 aliphatic rings. The summed E-state index contributed by atoms with van der Waals surface area (Å²) in [6, 6.07) is 3.49. The van der Waals surface area contributed by atoms with E-state index in [2.05, 4.69) is 21.2 Å². The Balaban J connectivity index is 0.00000200. The molecule has 7 heteroatoms. The number of hydrogen-bond donors (Lipinski definition) is 1. The van der Waals surface area contributed by atoms with Crippen LogP contribution in [-0.4, -0.2) is 37.3 Å². The van der Waals surface area contributed by atoms with Gasteiger partial charge >= 0.3 is 6.18 Å². The minimum Gasteiger partial charge on any atom is -0.314 e. The summed E-state index contributed by atoms with van der Waals surface area (Å²) in [5.41, 5.74) is 1.23. The Hall–Kier alpha value is -0.300. The quantitative estimate of drug-likeness (QED) is 0.850. The summed E-state index contributed by atoms with van der Waals surface area (Å²) >= 11 is 3.26. The molecule has 1 aliphatic heterocycles. The molecule has 1 aromatic rings. The molecule has 0 aliphatic carbocycles. The van der Waals surface area contributed by atoms with Gasteiger partial charge in [0.1, 0.15) is 6.04 Å². The van der Waals surface area contributed by atoms with Crippen LogP contribution in [0.1, 0.15) is 17.2 Å². The summed E-state index contributed by atoms with van der Waals surface area (Å²) in [7, 11) is 0. The molecule has 2 rings (SSSR count). The molecule has 1 heterocycles. The maximum absolute atomic E-state index is 13.4. The van der Waals surface area contributed by atoms with Gasteiger partial charge in [-0.3, -0.25) is 4.90 Å². The third-order valence-electron chi connectivity index (χ3n) is 3.28. The number of nitrogens with one attached hydrogen (secondary N) is 1. The SMILES string of the molecule is Cc1ccc([C@H](N2CCNCC2)C(F)(F)F)c(Br)c1.Cl. The van der Waals surface area contributed by atoms with E-state index in [4.69, 9.17) is 0 Å². The minimum absolute atomic E-state index is 0. The first kappa shape index (κ1) is 17.8. The lowest BCUT2D eigenvalue weighted by Gasteiger charge is -2.36. The van der Waals surface area contributed by atoms with Gasteiger partial charge in [-0.05, 0) is 24.1 Å². The Bertz CT molecular complexity index is 448. The maximum atomic E-state index is 13.4. The van der Waals surface area contributed by atoms with Crippen LogP contribution in [0, 0.1) is 6.92 Å². The van der Waals surface area contributed by atoms with Crippen molar-refractivity contribution in [3.8, 4) is 0 Å². The normalized spacial score (nSPS) is 18.4. The van der Waals surface area contributed by atoms with Crippen LogP contribution in [-0.2, 0) is 0 Å². The highest BCUT2D eigenvalue weighted by atomic mass is 79.9. The molecule has 0 saturated carbocycles. The van der Waals surface area contributed by atoms with E-state index >= 15 is 0 Å². The van der Waals surface area contributed by atoms with Crippen molar-refractivity contribution in [1.29, 1.82) is 0 Å². The van der Waals surface area contributed by atoms with Crippen molar-refractivity contribution in [2.45, 2.75) is 19.1 Å². The average molecular weight is 374 g/mol. The van der Waals surface area contributed by atoms with E-state index < -0.39 is 12.2 Å². The first-order chi connectivity index (χ1) is 8.89. The van der Waals surface area contributed by atoms with Crippen LogP contribution in [0.2, 0.25) is 0 Å². The molecule has 1 fully saturated rings. The van der Waals surface area contributed by atoms with Crippen LogP contribution in [0.5, 0.6) is 0 Å². The molecule has 114 valence electrons.